The molecular weight excluding hydrogens is 764 g/mol. The van der Waals surface area contributed by atoms with Gasteiger partial charge in [0.05, 0.1) is 31.7 Å². The number of nitrogens with zero attached hydrogens (tertiary/aromatic N) is 2. The van der Waals surface area contributed by atoms with Crippen LogP contribution in [0.3, 0.4) is 0 Å². The van der Waals surface area contributed by atoms with Crippen molar-refractivity contribution in [3.8, 4) is 22.3 Å². The van der Waals surface area contributed by atoms with Crippen molar-refractivity contribution < 1.29 is 18.7 Å². The van der Waals surface area contributed by atoms with E-state index >= 15 is 0 Å². The van der Waals surface area contributed by atoms with Crippen LogP contribution < -0.4 is 5.32 Å². The maximum atomic E-state index is 12.1. The number of hydrogen-bond donors (Lipinski definition) is 2. The summed E-state index contributed by atoms with van der Waals surface area (Å²) in [5.74, 6) is 0. The maximum Gasteiger partial charge on any atom is 0.301 e. The van der Waals surface area contributed by atoms with Crippen molar-refractivity contribution in [1.82, 2.24) is 4.98 Å². The SMILES string of the molecule is O=[N+]([O-])c1c(-c2cccc3c2oc2ccccc23)ccc2c1[nH]c1ccccc12.O=[N+]([O-])c1c(Nc2ccccc2Cl)cccc1-c1cccc2c1oc1ccccc12. The summed E-state index contributed by atoms with van der Waals surface area (Å²) in [6.07, 6.45) is 0. The van der Waals surface area contributed by atoms with Gasteiger partial charge in [0.2, 0.25) is 0 Å². The first kappa shape index (κ1) is 35.5. The van der Waals surface area contributed by atoms with Gasteiger partial charge in [0, 0.05) is 49.0 Å². The van der Waals surface area contributed by atoms with Gasteiger partial charge in [-0.05, 0) is 48.5 Å². The number of nitrogens with one attached hydrogen (secondary N) is 2. The van der Waals surface area contributed by atoms with Gasteiger partial charge < -0.3 is 19.1 Å². The van der Waals surface area contributed by atoms with Crippen molar-refractivity contribution in [2.45, 2.75) is 0 Å². The average Bonchev–Trinajstić information content (AvgIpc) is 3.95. The second-order valence-corrected chi connectivity index (χ2v) is 14.3. The molecule has 0 bridgehead atoms. The highest BCUT2D eigenvalue weighted by atomic mass is 35.5. The number of furan rings is 2. The van der Waals surface area contributed by atoms with E-state index in [1.807, 2.05) is 127 Å². The summed E-state index contributed by atoms with van der Waals surface area (Å²) in [6, 6.07) is 50.8. The summed E-state index contributed by atoms with van der Waals surface area (Å²) in [7, 11) is 0. The molecule has 0 aliphatic carbocycles. The number of hydrogen-bond acceptors (Lipinski definition) is 7. The zero-order valence-electron chi connectivity index (χ0n) is 30.8. The molecule has 0 aliphatic rings. The molecule has 8 aromatic carbocycles. The van der Waals surface area contributed by atoms with E-state index in [9.17, 15) is 20.2 Å². The lowest BCUT2D eigenvalue weighted by Gasteiger charge is -2.12. The lowest BCUT2D eigenvalue weighted by Crippen LogP contribution is -1.99. The van der Waals surface area contributed by atoms with Crippen LogP contribution in [0, 0.1) is 20.2 Å². The van der Waals surface area contributed by atoms with E-state index in [1.54, 1.807) is 36.4 Å². The highest BCUT2D eigenvalue weighted by Crippen LogP contribution is 2.45. The van der Waals surface area contributed by atoms with Gasteiger partial charge >= 0.3 is 11.4 Å². The number of para-hydroxylation sites is 7. The second-order valence-electron chi connectivity index (χ2n) is 13.9. The van der Waals surface area contributed by atoms with E-state index < -0.39 is 0 Å². The maximum absolute atomic E-state index is 12.1. The van der Waals surface area contributed by atoms with Crippen molar-refractivity contribution >= 4 is 100 Å². The Morgan fingerprint density at radius 2 is 0.949 bits per heavy atom. The molecule has 2 N–H and O–H groups in total. The Hall–Kier alpha value is -7.95. The predicted octanol–water partition coefficient (Wildman–Crippen LogP) is 14.4. The minimum absolute atomic E-state index is 0.0367. The van der Waals surface area contributed by atoms with Gasteiger partial charge in [-0.15, -0.1) is 0 Å². The van der Waals surface area contributed by atoms with Crippen molar-refractivity contribution in [3.05, 3.63) is 189 Å². The van der Waals surface area contributed by atoms with Crippen LogP contribution in [0.15, 0.2) is 173 Å². The molecule has 3 heterocycles. The number of aromatic nitrogens is 1. The number of halogens is 1. The number of aromatic amines is 1. The van der Waals surface area contributed by atoms with E-state index in [2.05, 4.69) is 10.3 Å². The fourth-order valence-electron chi connectivity index (χ4n) is 8.00. The van der Waals surface area contributed by atoms with Crippen LogP contribution in [0.4, 0.5) is 22.7 Å². The Morgan fingerprint density at radius 1 is 0.458 bits per heavy atom. The third-order valence-corrected chi connectivity index (χ3v) is 10.9. The molecule has 59 heavy (non-hydrogen) atoms. The van der Waals surface area contributed by atoms with E-state index in [4.69, 9.17) is 20.4 Å². The first-order chi connectivity index (χ1) is 28.9. The van der Waals surface area contributed by atoms with Crippen molar-refractivity contribution in [2.24, 2.45) is 0 Å². The number of nitro groups is 2. The first-order valence-electron chi connectivity index (χ1n) is 18.6. The molecule has 0 fully saturated rings. The number of nitro benzene ring substituents is 2. The fraction of sp³-hybridized carbons (Fsp3) is 0. The summed E-state index contributed by atoms with van der Waals surface area (Å²) in [5, 5.41) is 33.5. The molecule has 0 spiro atoms. The monoisotopic (exact) mass is 792 g/mol. The highest BCUT2D eigenvalue weighted by molar-refractivity contribution is 6.33. The number of H-pyrrole nitrogens is 1. The van der Waals surface area contributed by atoms with Crippen LogP contribution in [-0.2, 0) is 0 Å². The van der Waals surface area contributed by atoms with Crippen LogP contribution in [0.25, 0.3) is 87.9 Å². The summed E-state index contributed by atoms with van der Waals surface area (Å²) in [6.45, 7) is 0. The van der Waals surface area contributed by atoms with Crippen LogP contribution in [0.1, 0.15) is 0 Å². The van der Waals surface area contributed by atoms with Gasteiger partial charge in [0.25, 0.3) is 0 Å². The Morgan fingerprint density at radius 3 is 1.58 bits per heavy atom. The van der Waals surface area contributed by atoms with Gasteiger partial charge in [-0.2, -0.15) is 0 Å². The van der Waals surface area contributed by atoms with Crippen LogP contribution >= 0.6 is 11.6 Å². The molecule has 11 aromatic rings. The largest absolute Gasteiger partial charge is 0.455 e. The Balaban J connectivity index is 0.000000143. The minimum atomic E-state index is -0.379. The molecule has 284 valence electrons. The molecule has 0 aliphatic heterocycles. The third-order valence-electron chi connectivity index (χ3n) is 10.6. The van der Waals surface area contributed by atoms with Crippen molar-refractivity contribution in [3.63, 3.8) is 0 Å². The second kappa shape index (κ2) is 14.2. The number of anilines is 2. The van der Waals surface area contributed by atoms with Gasteiger partial charge in [0.1, 0.15) is 33.5 Å². The average molecular weight is 793 g/mol. The quantitative estimate of drug-likeness (QED) is 0.126. The summed E-state index contributed by atoms with van der Waals surface area (Å²) in [4.78, 5) is 26.8. The van der Waals surface area contributed by atoms with Gasteiger partial charge in [0.15, 0.2) is 0 Å². The van der Waals surface area contributed by atoms with E-state index in [0.29, 0.717) is 55.3 Å². The predicted molar refractivity (Wildman–Crippen MR) is 236 cm³/mol. The normalized spacial score (nSPS) is 11.4. The smallest absolute Gasteiger partial charge is 0.301 e. The lowest BCUT2D eigenvalue weighted by molar-refractivity contribution is -0.383. The number of fused-ring (bicyclic) bond motifs is 9. The molecule has 0 saturated carbocycles. The van der Waals surface area contributed by atoms with Gasteiger partial charge in [-0.3, -0.25) is 20.2 Å². The molecule has 0 atom stereocenters. The summed E-state index contributed by atoms with van der Waals surface area (Å²) < 4.78 is 12.2. The molecule has 0 amide bonds. The van der Waals surface area contributed by atoms with Gasteiger partial charge in [-0.1, -0.05) is 127 Å². The first-order valence-corrected chi connectivity index (χ1v) is 19.0. The number of rotatable bonds is 6. The molecule has 10 nitrogen and oxygen atoms in total. The lowest BCUT2D eigenvalue weighted by atomic mass is 9.99. The standard InChI is InChI=1S/C24H15ClN2O3.C24H14N2O3/c25-19-11-2-3-12-20(19)26-21-13-6-8-16(23(21)27(28)29)18-10-5-9-17-15-7-1-4-14-22(15)30-24(17)18;27-26(28)23-17(13-12-16-14-6-1-3-10-20(14)25-22(16)23)19-9-5-8-18-15-7-2-4-11-21(15)29-24(18)19/h1-14,26H;1-13,25H. The molecule has 0 radical (unpaired) electrons. The zero-order chi connectivity index (χ0) is 40.2. The third kappa shape index (κ3) is 5.98. The molecule has 11 rings (SSSR count). The Bertz CT molecular complexity index is 3480. The summed E-state index contributed by atoms with van der Waals surface area (Å²) >= 11 is 6.24. The van der Waals surface area contributed by atoms with Gasteiger partial charge in [-0.25, -0.2) is 0 Å². The van der Waals surface area contributed by atoms with E-state index in [-0.39, 0.29) is 21.2 Å². The van der Waals surface area contributed by atoms with Crippen LogP contribution in [0.5, 0.6) is 0 Å². The molecule has 11 heteroatoms. The summed E-state index contributed by atoms with van der Waals surface area (Å²) in [5.41, 5.74) is 7.58. The molecule has 0 saturated heterocycles. The highest BCUT2D eigenvalue weighted by Gasteiger charge is 2.26. The van der Waals surface area contributed by atoms with E-state index in [1.165, 1.54) is 0 Å². The molecule has 0 unspecified atom stereocenters. The minimum Gasteiger partial charge on any atom is -0.455 e. The topological polar surface area (TPSA) is 140 Å². The van der Waals surface area contributed by atoms with Crippen LogP contribution in [-0.4, -0.2) is 14.8 Å². The zero-order valence-corrected chi connectivity index (χ0v) is 31.6. The number of benzene rings is 8. The molecule has 3 aromatic heterocycles. The molecular formula is C48H29ClN4O6. The van der Waals surface area contributed by atoms with Crippen molar-refractivity contribution in [2.75, 3.05) is 5.32 Å². The van der Waals surface area contributed by atoms with E-state index in [0.717, 1.165) is 49.0 Å². The van der Waals surface area contributed by atoms with Crippen LogP contribution in [0.2, 0.25) is 5.02 Å². The Kier molecular flexibility index (Phi) is 8.54. The van der Waals surface area contributed by atoms with Crippen molar-refractivity contribution in [1.29, 1.82) is 0 Å². The fourth-order valence-corrected chi connectivity index (χ4v) is 8.18. The Labute approximate surface area is 339 Å².